The van der Waals surface area contributed by atoms with Gasteiger partial charge in [0.1, 0.15) is 0 Å². The van der Waals surface area contributed by atoms with Crippen molar-refractivity contribution in [2.45, 2.75) is 19.8 Å². The Morgan fingerprint density at radius 1 is 1.18 bits per heavy atom. The highest BCUT2D eigenvalue weighted by atomic mass is 32.1. The van der Waals surface area contributed by atoms with Crippen LogP contribution in [0.25, 0.3) is 0 Å². The topological polar surface area (TPSA) is 27.6 Å². The summed E-state index contributed by atoms with van der Waals surface area (Å²) >= 11 is 1.81. The average molecular weight is 315 g/mol. The van der Waals surface area contributed by atoms with Crippen LogP contribution in [0.1, 0.15) is 16.0 Å². The van der Waals surface area contributed by atoms with E-state index in [0.717, 1.165) is 31.9 Å². The molecule has 3 nitrogen and oxygen atoms in total. The summed E-state index contributed by atoms with van der Waals surface area (Å²) in [6.45, 7) is 4.04. The summed E-state index contributed by atoms with van der Waals surface area (Å²) in [4.78, 5) is 7.99. The van der Waals surface area contributed by atoms with Gasteiger partial charge in [-0.2, -0.15) is 0 Å². The lowest BCUT2D eigenvalue weighted by Gasteiger charge is -2.22. The minimum absolute atomic E-state index is 0.904. The molecule has 118 valence electrons. The normalized spacial score (nSPS) is 11.5. The molecule has 0 saturated heterocycles. The Balaban J connectivity index is 1.78. The van der Waals surface area contributed by atoms with E-state index in [1.807, 2.05) is 18.4 Å². The Morgan fingerprint density at radius 2 is 2.00 bits per heavy atom. The molecule has 0 saturated carbocycles. The van der Waals surface area contributed by atoms with Gasteiger partial charge in [0.25, 0.3) is 0 Å². The maximum Gasteiger partial charge on any atom is 0.193 e. The zero-order chi connectivity index (χ0) is 15.8. The average Bonchev–Trinajstić information content (AvgIpc) is 3.04. The van der Waals surface area contributed by atoms with E-state index in [9.17, 15) is 0 Å². The van der Waals surface area contributed by atoms with Gasteiger partial charge in [0.05, 0.1) is 0 Å². The minimum atomic E-state index is 0.904. The molecule has 0 radical (unpaired) electrons. The van der Waals surface area contributed by atoms with Crippen molar-refractivity contribution < 1.29 is 0 Å². The molecule has 0 spiro atoms. The fraction of sp³-hybridized carbons (Fsp3) is 0.389. The van der Waals surface area contributed by atoms with Crippen LogP contribution in [0.2, 0.25) is 0 Å². The number of thiophene rings is 1. The third kappa shape index (κ3) is 4.88. The van der Waals surface area contributed by atoms with Crippen LogP contribution in [0.3, 0.4) is 0 Å². The summed E-state index contributed by atoms with van der Waals surface area (Å²) in [6, 6.07) is 12.8. The Hall–Kier alpha value is -1.81. The highest BCUT2D eigenvalue weighted by Crippen LogP contribution is 2.09. The standard InChI is InChI=1S/C18H25N3S/c1-15-7-4-5-8-16(15)10-12-20-18(19-2)21(3)13-11-17-9-6-14-22-17/h4-9,14H,10-13H2,1-3H3,(H,19,20). The van der Waals surface area contributed by atoms with Crippen molar-refractivity contribution in [3.8, 4) is 0 Å². The molecule has 1 heterocycles. The van der Waals surface area contributed by atoms with Crippen molar-refractivity contribution >= 4 is 17.3 Å². The summed E-state index contributed by atoms with van der Waals surface area (Å²) in [5, 5.41) is 5.58. The molecule has 1 N–H and O–H groups in total. The van der Waals surface area contributed by atoms with Crippen LogP contribution in [0, 0.1) is 6.92 Å². The first kappa shape index (κ1) is 16.6. The zero-order valence-corrected chi connectivity index (χ0v) is 14.5. The highest BCUT2D eigenvalue weighted by Gasteiger charge is 2.06. The molecule has 0 aliphatic rings. The van der Waals surface area contributed by atoms with E-state index in [1.54, 1.807) is 0 Å². The van der Waals surface area contributed by atoms with E-state index in [0.29, 0.717) is 0 Å². The van der Waals surface area contributed by atoms with Crippen molar-refractivity contribution in [3.63, 3.8) is 0 Å². The van der Waals surface area contributed by atoms with Gasteiger partial charge in [-0.15, -0.1) is 11.3 Å². The smallest absolute Gasteiger partial charge is 0.193 e. The molecule has 0 aliphatic heterocycles. The number of nitrogens with zero attached hydrogens (tertiary/aromatic N) is 2. The van der Waals surface area contributed by atoms with E-state index >= 15 is 0 Å². The van der Waals surface area contributed by atoms with Crippen LogP contribution in [-0.2, 0) is 12.8 Å². The number of hydrogen-bond acceptors (Lipinski definition) is 2. The second kappa shape index (κ2) is 8.59. The van der Waals surface area contributed by atoms with E-state index in [-0.39, 0.29) is 0 Å². The Morgan fingerprint density at radius 3 is 2.68 bits per heavy atom. The first-order chi connectivity index (χ1) is 10.7. The molecule has 2 rings (SSSR count). The van der Waals surface area contributed by atoms with Gasteiger partial charge in [-0.1, -0.05) is 30.3 Å². The molecule has 0 aliphatic carbocycles. The number of benzene rings is 1. The van der Waals surface area contributed by atoms with Crippen LogP contribution in [-0.4, -0.2) is 38.0 Å². The number of likely N-dealkylation sites (N-methyl/N-ethyl adjacent to an activating group) is 1. The van der Waals surface area contributed by atoms with Crippen molar-refractivity contribution in [2.75, 3.05) is 27.2 Å². The van der Waals surface area contributed by atoms with E-state index in [4.69, 9.17) is 0 Å². The largest absolute Gasteiger partial charge is 0.356 e. The fourth-order valence-electron chi connectivity index (χ4n) is 2.42. The molecule has 1 aromatic carbocycles. The first-order valence-corrected chi connectivity index (χ1v) is 8.57. The molecule has 0 atom stereocenters. The van der Waals surface area contributed by atoms with E-state index in [2.05, 4.69) is 71.0 Å². The summed E-state index contributed by atoms with van der Waals surface area (Å²) in [5.74, 6) is 0.963. The molecule has 1 aromatic heterocycles. The first-order valence-electron chi connectivity index (χ1n) is 7.69. The number of aryl methyl sites for hydroxylation is 1. The third-order valence-electron chi connectivity index (χ3n) is 3.79. The second-order valence-corrected chi connectivity index (χ2v) is 6.43. The molecule has 0 unspecified atom stereocenters. The second-order valence-electron chi connectivity index (χ2n) is 5.40. The van der Waals surface area contributed by atoms with Crippen molar-refractivity contribution in [1.29, 1.82) is 0 Å². The Labute approximate surface area is 137 Å². The number of nitrogens with one attached hydrogen (secondary N) is 1. The Bertz CT molecular complexity index is 590. The van der Waals surface area contributed by atoms with Crippen molar-refractivity contribution in [1.82, 2.24) is 10.2 Å². The highest BCUT2D eigenvalue weighted by molar-refractivity contribution is 7.09. The van der Waals surface area contributed by atoms with Crippen molar-refractivity contribution in [3.05, 3.63) is 57.8 Å². The predicted molar refractivity (Wildman–Crippen MR) is 96.9 cm³/mol. The van der Waals surface area contributed by atoms with Crippen LogP contribution >= 0.6 is 11.3 Å². The molecule has 0 bridgehead atoms. The van der Waals surface area contributed by atoms with E-state index in [1.165, 1.54) is 16.0 Å². The molecule has 2 aromatic rings. The number of rotatable bonds is 6. The van der Waals surface area contributed by atoms with Gasteiger partial charge in [0.15, 0.2) is 5.96 Å². The molecule has 22 heavy (non-hydrogen) atoms. The van der Waals surface area contributed by atoms with Gasteiger partial charge in [-0.3, -0.25) is 4.99 Å². The van der Waals surface area contributed by atoms with Crippen LogP contribution in [0.15, 0.2) is 46.8 Å². The quantitative estimate of drug-likeness (QED) is 0.654. The SMILES string of the molecule is CN=C(NCCc1ccccc1C)N(C)CCc1cccs1. The third-order valence-corrected chi connectivity index (χ3v) is 4.72. The molecule has 4 heteroatoms. The van der Waals surface area contributed by atoms with Gasteiger partial charge in [0.2, 0.25) is 0 Å². The maximum atomic E-state index is 4.38. The zero-order valence-electron chi connectivity index (χ0n) is 13.7. The van der Waals surface area contributed by atoms with E-state index < -0.39 is 0 Å². The van der Waals surface area contributed by atoms with Crippen molar-refractivity contribution in [2.24, 2.45) is 4.99 Å². The summed E-state index contributed by atoms with van der Waals surface area (Å²) in [7, 11) is 3.94. The lowest BCUT2D eigenvalue weighted by Crippen LogP contribution is -2.40. The summed E-state index contributed by atoms with van der Waals surface area (Å²) < 4.78 is 0. The van der Waals surface area contributed by atoms with Crippen LogP contribution < -0.4 is 5.32 Å². The molecular formula is C18H25N3S. The predicted octanol–water partition coefficient (Wildman–Crippen LogP) is 3.35. The monoisotopic (exact) mass is 315 g/mol. The lowest BCUT2D eigenvalue weighted by atomic mass is 10.1. The molecular weight excluding hydrogens is 290 g/mol. The van der Waals surface area contributed by atoms with Gasteiger partial charge in [-0.25, -0.2) is 0 Å². The maximum absolute atomic E-state index is 4.38. The van der Waals surface area contributed by atoms with Gasteiger partial charge in [-0.05, 0) is 42.3 Å². The van der Waals surface area contributed by atoms with Crippen LogP contribution in [0.5, 0.6) is 0 Å². The number of hydrogen-bond donors (Lipinski definition) is 1. The van der Waals surface area contributed by atoms with Crippen LogP contribution in [0.4, 0.5) is 0 Å². The summed E-state index contributed by atoms with van der Waals surface area (Å²) in [6.07, 6.45) is 2.08. The number of guanidine groups is 1. The van der Waals surface area contributed by atoms with Gasteiger partial charge < -0.3 is 10.2 Å². The Kier molecular flexibility index (Phi) is 6.46. The fourth-order valence-corrected chi connectivity index (χ4v) is 3.12. The van der Waals surface area contributed by atoms with Gasteiger partial charge >= 0.3 is 0 Å². The molecule has 0 amide bonds. The molecule has 0 fully saturated rings. The minimum Gasteiger partial charge on any atom is -0.356 e. The lowest BCUT2D eigenvalue weighted by molar-refractivity contribution is 0.487. The van der Waals surface area contributed by atoms with Gasteiger partial charge in [0, 0.05) is 32.1 Å². The number of aliphatic imine (C=N–C) groups is 1. The summed E-state index contributed by atoms with van der Waals surface area (Å²) in [5.41, 5.74) is 2.75.